The van der Waals surface area contributed by atoms with E-state index in [0.29, 0.717) is 31.2 Å². The summed E-state index contributed by atoms with van der Waals surface area (Å²) in [5, 5.41) is 3.95. The quantitative estimate of drug-likeness (QED) is 0.818. The molecule has 2 amide bonds. The first-order valence-electron chi connectivity index (χ1n) is 9.97. The smallest absolute Gasteiger partial charge is 0.276 e. The van der Waals surface area contributed by atoms with E-state index in [1.165, 1.54) is 12.8 Å². The average molecular weight is 360 g/mol. The van der Waals surface area contributed by atoms with E-state index in [2.05, 4.69) is 10.1 Å². The Bertz CT molecular complexity index is 639. The molecule has 7 nitrogen and oxygen atoms in total. The van der Waals surface area contributed by atoms with Gasteiger partial charge in [0.05, 0.1) is 6.54 Å². The number of likely N-dealkylation sites (tertiary alicyclic amines) is 1. The third kappa shape index (κ3) is 4.09. The fraction of sp³-hybridized carbons (Fsp3) is 0.737. The summed E-state index contributed by atoms with van der Waals surface area (Å²) in [6.07, 6.45) is 6.96. The Labute approximate surface area is 154 Å². The summed E-state index contributed by atoms with van der Waals surface area (Å²) >= 11 is 0. The molecule has 1 aliphatic carbocycles. The van der Waals surface area contributed by atoms with Crippen LogP contribution in [-0.4, -0.2) is 77.5 Å². The van der Waals surface area contributed by atoms with Gasteiger partial charge in [-0.2, -0.15) is 0 Å². The molecule has 0 spiro atoms. The molecule has 1 aromatic rings. The van der Waals surface area contributed by atoms with Crippen LogP contribution >= 0.6 is 0 Å². The standard InChI is InChI=1S/C19H28N4O3/c24-18(22-7-3-1-2-4-8-22)14-21-9-11-23(12-10-21)19(25)16-13-17(26-20-16)15-5-6-15/h13,15H,1-12,14H2. The van der Waals surface area contributed by atoms with Gasteiger partial charge in [0.15, 0.2) is 5.69 Å². The SMILES string of the molecule is O=C(CN1CCN(C(=O)c2cc(C3CC3)on2)CC1)N1CCCCCC1. The molecule has 2 aliphatic heterocycles. The minimum absolute atomic E-state index is 0.0563. The van der Waals surface area contributed by atoms with E-state index in [1.807, 2.05) is 9.80 Å². The lowest BCUT2D eigenvalue weighted by Gasteiger charge is -2.35. The van der Waals surface area contributed by atoms with Crippen molar-refractivity contribution < 1.29 is 14.1 Å². The third-order valence-electron chi connectivity index (χ3n) is 5.70. The highest BCUT2D eigenvalue weighted by molar-refractivity contribution is 5.92. The summed E-state index contributed by atoms with van der Waals surface area (Å²) in [6, 6.07) is 1.80. The average Bonchev–Trinajstić information content (AvgIpc) is 3.45. The summed E-state index contributed by atoms with van der Waals surface area (Å²) in [7, 11) is 0. The summed E-state index contributed by atoms with van der Waals surface area (Å²) in [5.74, 6) is 1.48. The van der Waals surface area contributed by atoms with E-state index in [4.69, 9.17) is 4.52 Å². The van der Waals surface area contributed by atoms with Crippen molar-refractivity contribution in [2.24, 2.45) is 0 Å². The van der Waals surface area contributed by atoms with Crippen molar-refractivity contribution in [3.05, 3.63) is 17.5 Å². The molecule has 3 heterocycles. The normalized spacial score (nSPS) is 22.3. The van der Waals surface area contributed by atoms with Gasteiger partial charge in [0, 0.05) is 51.3 Å². The van der Waals surface area contributed by atoms with Crippen molar-refractivity contribution in [2.45, 2.75) is 44.4 Å². The first kappa shape index (κ1) is 17.5. The first-order chi connectivity index (χ1) is 12.7. The van der Waals surface area contributed by atoms with E-state index >= 15 is 0 Å². The Morgan fingerprint density at radius 1 is 0.962 bits per heavy atom. The van der Waals surface area contributed by atoms with Crippen LogP contribution in [0.2, 0.25) is 0 Å². The number of carbonyl (C=O) groups is 2. The lowest BCUT2D eigenvalue weighted by atomic mass is 10.2. The Hall–Kier alpha value is -1.89. The molecular weight excluding hydrogens is 332 g/mol. The zero-order valence-electron chi connectivity index (χ0n) is 15.4. The molecule has 0 atom stereocenters. The fourth-order valence-corrected chi connectivity index (χ4v) is 3.83. The largest absolute Gasteiger partial charge is 0.360 e. The van der Waals surface area contributed by atoms with Gasteiger partial charge in [-0.1, -0.05) is 18.0 Å². The van der Waals surface area contributed by atoms with E-state index < -0.39 is 0 Å². The summed E-state index contributed by atoms with van der Waals surface area (Å²) < 4.78 is 5.29. The maximum Gasteiger partial charge on any atom is 0.276 e. The molecule has 26 heavy (non-hydrogen) atoms. The second kappa shape index (κ2) is 7.78. The van der Waals surface area contributed by atoms with Crippen molar-refractivity contribution in [3.63, 3.8) is 0 Å². The van der Waals surface area contributed by atoms with Gasteiger partial charge in [0.1, 0.15) is 5.76 Å². The highest BCUT2D eigenvalue weighted by Gasteiger charge is 2.31. The van der Waals surface area contributed by atoms with Crippen molar-refractivity contribution in [1.82, 2.24) is 19.9 Å². The highest BCUT2D eigenvalue weighted by atomic mass is 16.5. The van der Waals surface area contributed by atoms with Gasteiger partial charge in [-0.3, -0.25) is 14.5 Å². The Morgan fingerprint density at radius 2 is 1.65 bits per heavy atom. The van der Waals surface area contributed by atoms with Gasteiger partial charge >= 0.3 is 0 Å². The molecule has 1 saturated carbocycles. The number of hydrogen-bond acceptors (Lipinski definition) is 5. The van der Waals surface area contributed by atoms with Gasteiger partial charge in [-0.05, 0) is 25.7 Å². The zero-order valence-corrected chi connectivity index (χ0v) is 15.4. The van der Waals surface area contributed by atoms with Gasteiger partial charge in [0.2, 0.25) is 5.91 Å². The number of amides is 2. The van der Waals surface area contributed by atoms with Crippen molar-refractivity contribution in [2.75, 3.05) is 45.8 Å². The van der Waals surface area contributed by atoms with Gasteiger partial charge in [0.25, 0.3) is 5.91 Å². The molecule has 0 N–H and O–H groups in total. The number of piperazine rings is 1. The van der Waals surface area contributed by atoms with Gasteiger partial charge in [-0.15, -0.1) is 0 Å². The first-order valence-corrected chi connectivity index (χ1v) is 9.97. The number of carbonyl (C=O) groups excluding carboxylic acids is 2. The van der Waals surface area contributed by atoms with E-state index in [1.54, 1.807) is 6.07 Å². The molecular formula is C19H28N4O3. The predicted molar refractivity (Wildman–Crippen MR) is 95.9 cm³/mol. The second-order valence-corrected chi connectivity index (χ2v) is 7.75. The van der Waals surface area contributed by atoms with E-state index in [-0.39, 0.29) is 11.8 Å². The zero-order chi connectivity index (χ0) is 17.9. The molecule has 7 heteroatoms. The number of nitrogens with zero attached hydrogens (tertiary/aromatic N) is 4. The molecule has 2 saturated heterocycles. The monoisotopic (exact) mass is 360 g/mol. The molecule has 0 radical (unpaired) electrons. The van der Waals surface area contributed by atoms with Crippen molar-refractivity contribution in [3.8, 4) is 0 Å². The van der Waals surface area contributed by atoms with Gasteiger partial charge < -0.3 is 14.3 Å². The molecule has 142 valence electrons. The Balaban J connectivity index is 1.25. The molecule has 1 aromatic heterocycles. The minimum atomic E-state index is -0.0563. The molecule has 0 aromatic carbocycles. The Kier molecular flexibility index (Phi) is 5.24. The van der Waals surface area contributed by atoms with Crippen LogP contribution < -0.4 is 0 Å². The van der Waals surface area contributed by atoms with Crippen LogP contribution in [0.15, 0.2) is 10.6 Å². The van der Waals surface area contributed by atoms with Crippen LogP contribution in [0, 0.1) is 0 Å². The summed E-state index contributed by atoms with van der Waals surface area (Å²) in [6.45, 7) is 5.00. The maximum absolute atomic E-state index is 12.6. The molecule has 0 bridgehead atoms. The maximum atomic E-state index is 12.6. The third-order valence-corrected chi connectivity index (χ3v) is 5.70. The van der Waals surface area contributed by atoms with Crippen LogP contribution in [-0.2, 0) is 4.79 Å². The van der Waals surface area contributed by atoms with Crippen LogP contribution in [0.5, 0.6) is 0 Å². The number of hydrogen-bond donors (Lipinski definition) is 0. The minimum Gasteiger partial charge on any atom is -0.360 e. The van der Waals surface area contributed by atoms with Crippen LogP contribution in [0.1, 0.15) is 60.7 Å². The number of rotatable bonds is 4. The van der Waals surface area contributed by atoms with Crippen LogP contribution in [0.25, 0.3) is 0 Å². The van der Waals surface area contributed by atoms with Gasteiger partial charge in [-0.25, -0.2) is 0 Å². The van der Waals surface area contributed by atoms with Crippen molar-refractivity contribution >= 4 is 11.8 Å². The topological polar surface area (TPSA) is 69.9 Å². The molecule has 3 fully saturated rings. The summed E-state index contributed by atoms with van der Waals surface area (Å²) in [4.78, 5) is 31.1. The molecule has 0 unspecified atom stereocenters. The Morgan fingerprint density at radius 3 is 2.31 bits per heavy atom. The molecule has 3 aliphatic rings. The summed E-state index contributed by atoms with van der Waals surface area (Å²) in [5.41, 5.74) is 0.418. The molecule has 4 rings (SSSR count). The highest BCUT2D eigenvalue weighted by Crippen LogP contribution is 2.40. The van der Waals surface area contributed by atoms with E-state index in [9.17, 15) is 9.59 Å². The lowest BCUT2D eigenvalue weighted by molar-refractivity contribution is -0.132. The predicted octanol–water partition coefficient (Wildman–Crippen LogP) is 1.71. The van der Waals surface area contributed by atoms with Crippen LogP contribution in [0.4, 0.5) is 0 Å². The van der Waals surface area contributed by atoms with Crippen LogP contribution in [0.3, 0.4) is 0 Å². The van der Waals surface area contributed by atoms with E-state index in [0.717, 1.165) is 57.6 Å². The number of aromatic nitrogens is 1. The second-order valence-electron chi connectivity index (χ2n) is 7.75. The fourth-order valence-electron chi connectivity index (χ4n) is 3.83. The van der Waals surface area contributed by atoms with Crippen molar-refractivity contribution in [1.29, 1.82) is 0 Å². The lowest BCUT2D eigenvalue weighted by Crippen LogP contribution is -2.51.